The number of aromatic nitrogens is 2. The van der Waals surface area contributed by atoms with Crippen LogP contribution in [0.5, 0.6) is 0 Å². The van der Waals surface area contributed by atoms with Crippen LogP contribution in [0.25, 0.3) is 11.1 Å². The molecule has 0 bridgehead atoms. The van der Waals surface area contributed by atoms with Crippen molar-refractivity contribution in [1.29, 1.82) is 0 Å². The molecule has 0 radical (unpaired) electrons. The molecule has 0 aliphatic rings. The van der Waals surface area contributed by atoms with Crippen LogP contribution in [0.2, 0.25) is 0 Å². The molecule has 3 aromatic rings. The molecule has 4 nitrogen and oxygen atoms in total. The topological polar surface area (TPSA) is 54.9 Å². The summed E-state index contributed by atoms with van der Waals surface area (Å²) >= 11 is 0. The summed E-state index contributed by atoms with van der Waals surface area (Å²) in [5, 5.41) is 2.65. The van der Waals surface area contributed by atoms with E-state index in [0.717, 1.165) is 12.1 Å². The van der Waals surface area contributed by atoms with E-state index in [4.69, 9.17) is 0 Å². The van der Waals surface area contributed by atoms with E-state index in [2.05, 4.69) is 15.3 Å². The standard InChI is InChI=1S/C18H12F3N3O/c19-18(20,21)14-3-1-2-13(10-14)12-4-6-15(7-5-12)24-17(25)16-11-22-8-9-23-16/h1-11H,(H,24,25). The van der Waals surface area contributed by atoms with E-state index in [-0.39, 0.29) is 5.69 Å². The van der Waals surface area contributed by atoms with Crippen molar-refractivity contribution in [1.82, 2.24) is 9.97 Å². The van der Waals surface area contributed by atoms with E-state index in [1.807, 2.05) is 0 Å². The lowest BCUT2D eigenvalue weighted by molar-refractivity contribution is -0.137. The number of hydrogen-bond donors (Lipinski definition) is 1. The number of hydrogen-bond acceptors (Lipinski definition) is 3. The van der Waals surface area contributed by atoms with Crippen LogP contribution in [0.4, 0.5) is 18.9 Å². The van der Waals surface area contributed by atoms with Crippen LogP contribution >= 0.6 is 0 Å². The molecule has 1 heterocycles. The largest absolute Gasteiger partial charge is 0.416 e. The third-order valence-electron chi connectivity index (χ3n) is 3.46. The van der Waals surface area contributed by atoms with Gasteiger partial charge in [-0.25, -0.2) is 4.98 Å². The number of halogens is 3. The highest BCUT2D eigenvalue weighted by molar-refractivity contribution is 6.02. The van der Waals surface area contributed by atoms with Gasteiger partial charge in [0, 0.05) is 18.1 Å². The van der Waals surface area contributed by atoms with Gasteiger partial charge in [0.15, 0.2) is 0 Å². The number of carbonyl (C=O) groups excluding carboxylic acids is 1. The van der Waals surface area contributed by atoms with Crippen LogP contribution in [-0.2, 0) is 6.18 Å². The normalized spacial score (nSPS) is 11.2. The SMILES string of the molecule is O=C(Nc1ccc(-c2cccc(C(F)(F)F)c2)cc1)c1cnccn1. The van der Waals surface area contributed by atoms with E-state index in [1.54, 1.807) is 30.3 Å². The highest BCUT2D eigenvalue weighted by Gasteiger charge is 2.30. The fraction of sp³-hybridized carbons (Fsp3) is 0.0556. The van der Waals surface area contributed by atoms with Gasteiger partial charge in [0.1, 0.15) is 5.69 Å². The number of carbonyl (C=O) groups is 1. The van der Waals surface area contributed by atoms with Crippen LogP contribution in [0.15, 0.2) is 67.1 Å². The Morgan fingerprint density at radius 2 is 1.72 bits per heavy atom. The average Bonchev–Trinajstić information content (AvgIpc) is 2.62. The fourth-order valence-corrected chi connectivity index (χ4v) is 2.23. The van der Waals surface area contributed by atoms with Gasteiger partial charge in [-0.2, -0.15) is 13.2 Å². The Balaban J connectivity index is 1.78. The van der Waals surface area contributed by atoms with Gasteiger partial charge in [0.2, 0.25) is 0 Å². The molecule has 0 fully saturated rings. The Morgan fingerprint density at radius 1 is 0.960 bits per heavy atom. The second kappa shape index (κ2) is 6.72. The van der Waals surface area contributed by atoms with Crippen molar-refractivity contribution < 1.29 is 18.0 Å². The number of amides is 1. The van der Waals surface area contributed by atoms with Gasteiger partial charge in [0.25, 0.3) is 5.91 Å². The molecule has 0 atom stereocenters. The van der Waals surface area contributed by atoms with Crippen molar-refractivity contribution in [2.45, 2.75) is 6.18 Å². The summed E-state index contributed by atoms with van der Waals surface area (Å²) in [6, 6.07) is 11.6. The summed E-state index contributed by atoms with van der Waals surface area (Å²) in [5.74, 6) is -0.417. The van der Waals surface area contributed by atoms with Crippen LogP contribution in [0, 0.1) is 0 Å². The summed E-state index contributed by atoms with van der Waals surface area (Å²) in [6.45, 7) is 0. The Labute approximate surface area is 141 Å². The highest BCUT2D eigenvalue weighted by atomic mass is 19.4. The zero-order valence-corrected chi connectivity index (χ0v) is 12.8. The van der Waals surface area contributed by atoms with Crippen molar-refractivity contribution in [3.8, 4) is 11.1 Å². The number of nitrogens with one attached hydrogen (secondary N) is 1. The minimum atomic E-state index is -4.39. The molecule has 0 spiro atoms. The predicted molar refractivity (Wildman–Crippen MR) is 86.9 cm³/mol. The van der Waals surface area contributed by atoms with E-state index in [9.17, 15) is 18.0 Å². The Morgan fingerprint density at radius 3 is 2.36 bits per heavy atom. The van der Waals surface area contributed by atoms with E-state index < -0.39 is 17.6 Å². The van der Waals surface area contributed by atoms with Crippen molar-refractivity contribution in [3.63, 3.8) is 0 Å². The third-order valence-corrected chi connectivity index (χ3v) is 3.46. The maximum absolute atomic E-state index is 12.8. The second-order valence-electron chi connectivity index (χ2n) is 5.20. The zero-order chi connectivity index (χ0) is 17.9. The number of anilines is 1. The number of benzene rings is 2. The first kappa shape index (κ1) is 16.6. The molecule has 25 heavy (non-hydrogen) atoms. The molecule has 1 N–H and O–H groups in total. The fourth-order valence-electron chi connectivity index (χ4n) is 2.23. The van der Waals surface area contributed by atoms with E-state index in [1.165, 1.54) is 24.7 Å². The Hall–Kier alpha value is -3.22. The van der Waals surface area contributed by atoms with Crippen molar-refractivity contribution in [3.05, 3.63) is 78.4 Å². The number of nitrogens with zero attached hydrogens (tertiary/aromatic N) is 2. The average molecular weight is 343 g/mol. The molecule has 3 rings (SSSR count). The van der Waals surface area contributed by atoms with Crippen molar-refractivity contribution in [2.75, 3.05) is 5.32 Å². The molecular formula is C18H12F3N3O. The quantitative estimate of drug-likeness (QED) is 0.766. The lowest BCUT2D eigenvalue weighted by atomic mass is 10.0. The van der Waals surface area contributed by atoms with Crippen molar-refractivity contribution >= 4 is 11.6 Å². The molecule has 0 aliphatic carbocycles. The molecule has 0 saturated heterocycles. The predicted octanol–water partition coefficient (Wildman–Crippen LogP) is 4.41. The van der Waals surface area contributed by atoms with Crippen LogP contribution in [-0.4, -0.2) is 15.9 Å². The van der Waals surface area contributed by atoms with E-state index in [0.29, 0.717) is 16.8 Å². The summed E-state index contributed by atoms with van der Waals surface area (Å²) in [4.78, 5) is 19.7. The van der Waals surface area contributed by atoms with Gasteiger partial charge in [-0.1, -0.05) is 24.3 Å². The van der Waals surface area contributed by atoms with Crippen LogP contribution < -0.4 is 5.32 Å². The lowest BCUT2D eigenvalue weighted by Crippen LogP contribution is -2.13. The number of alkyl halides is 3. The maximum atomic E-state index is 12.8. The van der Waals surface area contributed by atoms with Gasteiger partial charge in [-0.15, -0.1) is 0 Å². The summed E-state index contributed by atoms with van der Waals surface area (Å²) in [6.07, 6.45) is -0.181. The molecule has 0 aliphatic heterocycles. The first-order chi connectivity index (χ1) is 11.9. The second-order valence-corrected chi connectivity index (χ2v) is 5.20. The smallest absolute Gasteiger partial charge is 0.321 e. The van der Waals surface area contributed by atoms with Gasteiger partial charge in [-0.05, 0) is 35.4 Å². The van der Waals surface area contributed by atoms with Gasteiger partial charge in [0.05, 0.1) is 11.8 Å². The molecule has 2 aromatic carbocycles. The van der Waals surface area contributed by atoms with Gasteiger partial charge in [-0.3, -0.25) is 9.78 Å². The van der Waals surface area contributed by atoms with Crippen LogP contribution in [0.3, 0.4) is 0 Å². The molecule has 0 unspecified atom stereocenters. The Bertz CT molecular complexity index is 878. The molecular weight excluding hydrogens is 331 g/mol. The molecule has 7 heteroatoms. The van der Waals surface area contributed by atoms with Crippen LogP contribution in [0.1, 0.15) is 16.1 Å². The lowest BCUT2D eigenvalue weighted by Gasteiger charge is -2.10. The first-order valence-corrected chi connectivity index (χ1v) is 7.28. The summed E-state index contributed by atoms with van der Waals surface area (Å²) in [5.41, 5.74) is 1.03. The summed E-state index contributed by atoms with van der Waals surface area (Å²) < 4.78 is 38.4. The highest BCUT2D eigenvalue weighted by Crippen LogP contribution is 2.32. The first-order valence-electron chi connectivity index (χ1n) is 7.28. The Kier molecular flexibility index (Phi) is 4.47. The van der Waals surface area contributed by atoms with Crippen molar-refractivity contribution in [2.24, 2.45) is 0 Å². The molecule has 126 valence electrons. The molecule has 1 aromatic heterocycles. The maximum Gasteiger partial charge on any atom is 0.416 e. The van der Waals surface area contributed by atoms with Gasteiger partial charge >= 0.3 is 6.18 Å². The summed E-state index contributed by atoms with van der Waals surface area (Å²) in [7, 11) is 0. The monoisotopic (exact) mass is 343 g/mol. The molecule has 1 amide bonds. The minimum absolute atomic E-state index is 0.171. The zero-order valence-electron chi connectivity index (χ0n) is 12.8. The molecule has 0 saturated carbocycles. The van der Waals surface area contributed by atoms with Gasteiger partial charge < -0.3 is 5.32 Å². The number of rotatable bonds is 3. The van der Waals surface area contributed by atoms with E-state index >= 15 is 0 Å². The third kappa shape index (κ3) is 4.00. The minimum Gasteiger partial charge on any atom is -0.321 e.